The Hall–Kier alpha value is -2.58. The first kappa shape index (κ1) is 22.7. The first-order chi connectivity index (χ1) is 13.3. The molecule has 1 aromatic carbocycles. The fourth-order valence-corrected chi connectivity index (χ4v) is 3.04. The number of rotatable bonds is 5. The summed E-state index contributed by atoms with van der Waals surface area (Å²) in [6, 6.07) is 6.07. The molecule has 0 fully saturated rings. The molecular formula is C20H20F6N2O. The lowest BCUT2D eigenvalue weighted by molar-refractivity contribution is -0.253. The van der Waals surface area contributed by atoms with E-state index in [9.17, 15) is 31.1 Å². The Kier molecular flexibility index (Phi) is 6.60. The number of alkyl halides is 6. The van der Waals surface area contributed by atoms with Crippen LogP contribution in [0.4, 0.5) is 32.0 Å². The van der Waals surface area contributed by atoms with Crippen LogP contribution in [0.3, 0.4) is 0 Å². The molecular weight excluding hydrogens is 398 g/mol. The van der Waals surface area contributed by atoms with E-state index in [0.717, 1.165) is 12.1 Å². The van der Waals surface area contributed by atoms with E-state index in [1.54, 1.807) is 26.8 Å². The van der Waals surface area contributed by atoms with Crippen molar-refractivity contribution in [2.75, 3.05) is 5.32 Å². The monoisotopic (exact) mass is 418 g/mol. The van der Waals surface area contributed by atoms with Gasteiger partial charge in [-0.15, -0.1) is 0 Å². The van der Waals surface area contributed by atoms with Crippen LogP contribution in [-0.4, -0.2) is 23.2 Å². The molecule has 0 unspecified atom stereocenters. The number of nitrogens with zero attached hydrogens (tertiary/aromatic N) is 1. The smallest absolute Gasteiger partial charge is 0.322 e. The molecule has 1 heterocycles. The molecule has 29 heavy (non-hydrogen) atoms. The van der Waals surface area contributed by atoms with Gasteiger partial charge in [-0.05, 0) is 54.7 Å². The van der Waals surface area contributed by atoms with Gasteiger partial charge < -0.3 is 5.32 Å². The molecule has 0 bridgehead atoms. The second-order valence-corrected chi connectivity index (χ2v) is 7.12. The zero-order chi connectivity index (χ0) is 22.0. The van der Waals surface area contributed by atoms with Crippen molar-refractivity contribution in [1.82, 2.24) is 4.98 Å². The summed E-state index contributed by atoms with van der Waals surface area (Å²) in [4.78, 5) is 16.4. The summed E-state index contributed by atoms with van der Waals surface area (Å²) in [6.07, 6.45) is -9.48. The minimum Gasteiger partial charge on any atom is -0.322 e. The second-order valence-electron chi connectivity index (χ2n) is 7.12. The fourth-order valence-electron chi connectivity index (χ4n) is 3.04. The maximum Gasteiger partial charge on any atom is 0.404 e. The average Bonchev–Trinajstić information content (AvgIpc) is 2.54. The van der Waals surface area contributed by atoms with Crippen molar-refractivity contribution in [2.24, 2.45) is 5.92 Å². The standard InChI is InChI=1S/C20H20F6N2O/c1-11(2)9-13-10-14(28-18(29)15-5-4-8-27-12(15)3)6-7-16(13)17(19(21,22)23)20(24,25)26/h4-8,10-11,17H,9H2,1-3H3,(H,28,29). The number of halogens is 6. The van der Waals surface area contributed by atoms with Gasteiger partial charge in [-0.3, -0.25) is 9.78 Å². The quantitative estimate of drug-likeness (QED) is 0.601. The molecule has 0 radical (unpaired) electrons. The summed E-state index contributed by atoms with van der Waals surface area (Å²) in [7, 11) is 0. The maximum absolute atomic E-state index is 13.2. The number of carbonyl (C=O) groups excluding carboxylic acids is 1. The zero-order valence-corrected chi connectivity index (χ0v) is 15.9. The zero-order valence-electron chi connectivity index (χ0n) is 15.9. The molecule has 3 nitrogen and oxygen atoms in total. The molecule has 158 valence electrons. The Morgan fingerprint density at radius 3 is 2.21 bits per heavy atom. The third-order valence-corrected chi connectivity index (χ3v) is 4.25. The predicted octanol–water partition coefficient (Wildman–Crippen LogP) is 6.05. The van der Waals surface area contributed by atoms with E-state index in [1.807, 2.05) is 0 Å². The first-order valence-electron chi connectivity index (χ1n) is 8.80. The Morgan fingerprint density at radius 2 is 1.69 bits per heavy atom. The Morgan fingerprint density at radius 1 is 1.07 bits per heavy atom. The van der Waals surface area contributed by atoms with Crippen molar-refractivity contribution in [3.05, 3.63) is 58.9 Å². The van der Waals surface area contributed by atoms with E-state index in [2.05, 4.69) is 10.3 Å². The van der Waals surface area contributed by atoms with Gasteiger partial charge in [-0.2, -0.15) is 26.3 Å². The van der Waals surface area contributed by atoms with Gasteiger partial charge in [-0.25, -0.2) is 0 Å². The van der Waals surface area contributed by atoms with Crippen molar-refractivity contribution in [3.63, 3.8) is 0 Å². The van der Waals surface area contributed by atoms with E-state index in [-0.39, 0.29) is 29.2 Å². The number of aryl methyl sites for hydroxylation is 1. The third-order valence-electron chi connectivity index (χ3n) is 4.25. The van der Waals surface area contributed by atoms with Crippen molar-refractivity contribution in [1.29, 1.82) is 0 Å². The van der Waals surface area contributed by atoms with Gasteiger partial charge in [-0.1, -0.05) is 19.9 Å². The molecule has 0 saturated heterocycles. The number of nitrogens with one attached hydrogen (secondary N) is 1. The van der Waals surface area contributed by atoms with Crippen molar-refractivity contribution in [2.45, 2.75) is 45.5 Å². The molecule has 0 aliphatic carbocycles. The summed E-state index contributed by atoms with van der Waals surface area (Å²) in [5, 5.41) is 2.51. The number of pyridine rings is 1. The molecule has 0 spiro atoms. The van der Waals surface area contributed by atoms with Crippen LogP contribution in [0.5, 0.6) is 0 Å². The summed E-state index contributed by atoms with van der Waals surface area (Å²) in [5.74, 6) is -4.33. The van der Waals surface area contributed by atoms with E-state index in [4.69, 9.17) is 0 Å². The molecule has 0 saturated carbocycles. The van der Waals surface area contributed by atoms with Gasteiger partial charge in [0.05, 0.1) is 5.56 Å². The average molecular weight is 418 g/mol. The number of hydrogen-bond donors (Lipinski definition) is 1. The summed E-state index contributed by atoms with van der Waals surface area (Å²) < 4.78 is 79.2. The van der Waals surface area contributed by atoms with Crippen molar-refractivity contribution < 1.29 is 31.1 Å². The van der Waals surface area contributed by atoms with Crippen LogP contribution < -0.4 is 5.32 Å². The van der Waals surface area contributed by atoms with Gasteiger partial charge in [0, 0.05) is 17.6 Å². The molecule has 0 aliphatic heterocycles. The lowest BCUT2D eigenvalue weighted by Gasteiger charge is -2.26. The van der Waals surface area contributed by atoms with Crippen LogP contribution in [0.15, 0.2) is 36.5 Å². The third kappa shape index (κ3) is 5.71. The highest BCUT2D eigenvalue weighted by Crippen LogP contribution is 2.47. The fraction of sp³-hybridized carbons (Fsp3) is 0.400. The minimum atomic E-state index is -5.48. The molecule has 2 aromatic rings. The van der Waals surface area contributed by atoms with Gasteiger partial charge >= 0.3 is 12.4 Å². The van der Waals surface area contributed by atoms with Gasteiger partial charge in [0.25, 0.3) is 5.91 Å². The van der Waals surface area contributed by atoms with Gasteiger partial charge in [0.15, 0.2) is 5.92 Å². The molecule has 0 atom stereocenters. The van der Waals surface area contributed by atoms with Crippen molar-refractivity contribution >= 4 is 11.6 Å². The molecule has 2 rings (SSSR count). The SMILES string of the molecule is Cc1ncccc1C(=O)Nc1ccc(C(C(F)(F)F)C(F)(F)F)c(CC(C)C)c1. The Bertz CT molecular complexity index is 860. The van der Waals surface area contributed by atoms with Crippen molar-refractivity contribution in [3.8, 4) is 0 Å². The van der Waals surface area contributed by atoms with Crippen LogP contribution >= 0.6 is 0 Å². The highest BCUT2D eigenvalue weighted by atomic mass is 19.4. The normalized spacial score (nSPS) is 12.5. The molecule has 1 aromatic heterocycles. The van der Waals surface area contributed by atoms with Crippen LogP contribution in [0.2, 0.25) is 0 Å². The lowest BCUT2D eigenvalue weighted by atomic mass is 9.88. The predicted molar refractivity (Wildman–Crippen MR) is 96.8 cm³/mol. The van der Waals surface area contributed by atoms with E-state index >= 15 is 0 Å². The van der Waals surface area contributed by atoms with E-state index in [0.29, 0.717) is 5.69 Å². The van der Waals surface area contributed by atoms with Gasteiger partial charge in [0.2, 0.25) is 0 Å². The number of carbonyl (C=O) groups is 1. The number of benzene rings is 1. The topological polar surface area (TPSA) is 42.0 Å². The van der Waals surface area contributed by atoms with Gasteiger partial charge in [0.1, 0.15) is 0 Å². The summed E-state index contributed by atoms with van der Waals surface area (Å²) in [6.45, 7) is 4.98. The van der Waals surface area contributed by atoms with Crippen LogP contribution in [-0.2, 0) is 6.42 Å². The first-order valence-corrected chi connectivity index (χ1v) is 8.80. The van der Waals surface area contributed by atoms with Crippen LogP contribution in [0.25, 0.3) is 0 Å². The second kappa shape index (κ2) is 8.42. The minimum absolute atomic E-state index is 0.00633. The maximum atomic E-state index is 13.2. The Labute approximate surface area is 164 Å². The van der Waals surface area contributed by atoms with Crippen LogP contribution in [0.1, 0.15) is 46.9 Å². The largest absolute Gasteiger partial charge is 0.404 e. The molecule has 9 heteroatoms. The number of hydrogen-bond acceptors (Lipinski definition) is 2. The molecule has 1 amide bonds. The van der Waals surface area contributed by atoms with Crippen LogP contribution in [0, 0.1) is 12.8 Å². The highest BCUT2D eigenvalue weighted by molar-refractivity contribution is 6.05. The molecule has 1 N–H and O–H groups in total. The summed E-state index contributed by atoms with van der Waals surface area (Å²) >= 11 is 0. The Balaban J connectivity index is 2.46. The number of aromatic nitrogens is 1. The highest BCUT2D eigenvalue weighted by Gasteiger charge is 2.58. The number of anilines is 1. The number of amides is 1. The van der Waals surface area contributed by atoms with E-state index in [1.165, 1.54) is 18.3 Å². The van der Waals surface area contributed by atoms with E-state index < -0.39 is 29.7 Å². The lowest BCUT2D eigenvalue weighted by Crippen LogP contribution is -2.35. The molecule has 0 aliphatic rings. The summed E-state index contributed by atoms with van der Waals surface area (Å²) in [5.41, 5.74) is -0.154.